The highest BCUT2D eigenvalue weighted by Gasteiger charge is 2.19. The number of amides is 2. The quantitative estimate of drug-likeness (QED) is 0.636. The maximum absolute atomic E-state index is 11.8. The smallest absolute Gasteiger partial charge is 0.323 e. The maximum Gasteiger partial charge on any atom is 0.323 e. The largest absolute Gasteiger partial charge is 0.480 e. The molecule has 0 bridgehead atoms. The van der Waals surface area contributed by atoms with Gasteiger partial charge in [-0.3, -0.25) is 4.79 Å². The summed E-state index contributed by atoms with van der Waals surface area (Å²) < 4.78 is 24.1. The van der Waals surface area contributed by atoms with E-state index >= 15 is 0 Å². The van der Waals surface area contributed by atoms with Gasteiger partial charge in [0.1, 0.15) is 6.54 Å². The van der Waals surface area contributed by atoms with E-state index in [1.54, 1.807) is 0 Å². The normalized spacial score (nSPS) is 11.7. The van der Waals surface area contributed by atoms with E-state index in [-0.39, 0.29) is 18.2 Å². The number of hydrogen-bond donors (Lipinski definition) is 2. The highest BCUT2D eigenvalue weighted by molar-refractivity contribution is 7.89. The van der Waals surface area contributed by atoms with Crippen molar-refractivity contribution in [2.45, 2.75) is 13.8 Å². The van der Waals surface area contributed by atoms with Crippen LogP contribution in [-0.4, -0.2) is 74.2 Å². The number of nitrogens with zero attached hydrogens (tertiary/aromatic N) is 2. The number of carbonyl (C=O) groups is 2. The van der Waals surface area contributed by atoms with Crippen LogP contribution in [0.5, 0.6) is 0 Å². The number of carbonyl (C=O) groups excluding carboxylic acids is 1. The molecule has 0 aromatic heterocycles. The first-order chi connectivity index (χ1) is 9.06. The first-order valence-electron chi connectivity index (χ1n) is 6.21. The first kappa shape index (κ1) is 18.7. The van der Waals surface area contributed by atoms with Crippen molar-refractivity contribution >= 4 is 22.0 Å². The Morgan fingerprint density at radius 2 is 1.80 bits per heavy atom. The third-order valence-electron chi connectivity index (χ3n) is 2.39. The number of hydrogen-bond acceptors (Lipinski definition) is 4. The molecule has 0 saturated carbocycles. The van der Waals surface area contributed by atoms with Crippen LogP contribution in [0.3, 0.4) is 0 Å². The maximum atomic E-state index is 11.8. The standard InChI is InChI=1S/C11H23N3O5S/c1-9(2)7-14(8-10(15)16)11(17)12-5-6-20(18,19)13(3)4/h9H,5-8H2,1-4H3,(H,12,17)(H,15,16). The average molecular weight is 309 g/mol. The van der Waals surface area contributed by atoms with E-state index in [4.69, 9.17) is 5.11 Å². The van der Waals surface area contributed by atoms with Gasteiger partial charge in [-0.05, 0) is 5.92 Å². The molecule has 9 heteroatoms. The van der Waals surface area contributed by atoms with E-state index < -0.39 is 28.6 Å². The number of aliphatic carboxylic acids is 1. The molecule has 8 nitrogen and oxygen atoms in total. The fourth-order valence-corrected chi connectivity index (χ4v) is 2.13. The fourth-order valence-electron chi connectivity index (χ4n) is 1.40. The van der Waals surface area contributed by atoms with E-state index in [9.17, 15) is 18.0 Å². The summed E-state index contributed by atoms with van der Waals surface area (Å²) >= 11 is 0. The summed E-state index contributed by atoms with van der Waals surface area (Å²) in [6.45, 7) is 3.54. The van der Waals surface area contributed by atoms with Gasteiger partial charge in [0.15, 0.2) is 0 Å². The van der Waals surface area contributed by atoms with E-state index in [1.165, 1.54) is 14.1 Å². The Morgan fingerprint density at radius 3 is 2.20 bits per heavy atom. The van der Waals surface area contributed by atoms with Crippen molar-refractivity contribution in [3.05, 3.63) is 0 Å². The van der Waals surface area contributed by atoms with Crippen LogP contribution < -0.4 is 5.32 Å². The molecule has 0 fully saturated rings. The molecule has 0 rings (SSSR count). The van der Waals surface area contributed by atoms with Gasteiger partial charge in [-0.1, -0.05) is 13.8 Å². The molecule has 2 amide bonds. The molecular weight excluding hydrogens is 286 g/mol. The van der Waals surface area contributed by atoms with Crippen LogP contribution in [-0.2, 0) is 14.8 Å². The number of carboxylic acids is 1. The number of carboxylic acid groups (broad SMARTS) is 1. The Morgan fingerprint density at radius 1 is 1.25 bits per heavy atom. The molecule has 0 saturated heterocycles. The zero-order chi connectivity index (χ0) is 15.9. The molecule has 0 spiro atoms. The fraction of sp³-hybridized carbons (Fsp3) is 0.818. The second-order valence-electron chi connectivity index (χ2n) is 5.00. The van der Waals surface area contributed by atoms with Crippen molar-refractivity contribution in [2.75, 3.05) is 39.5 Å². The summed E-state index contributed by atoms with van der Waals surface area (Å²) in [5.41, 5.74) is 0. The molecule has 118 valence electrons. The van der Waals surface area contributed by atoms with Crippen molar-refractivity contribution in [1.29, 1.82) is 0 Å². The predicted molar refractivity (Wildman–Crippen MR) is 74.9 cm³/mol. The third kappa shape index (κ3) is 7.29. The first-order valence-corrected chi connectivity index (χ1v) is 7.82. The van der Waals surface area contributed by atoms with Crippen molar-refractivity contribution in [3.63, 3.8) is 0 Å². The molecular formula is C11H23N3O5S. The van der Waals surface area contributed by atoms with E-state index in [0.717, 1.165) is 9.21 Å². The van der Waals surface area contributed by atoms with Crippen LogP contribution in [0.15, 0.2) is 0 Å². The van der Waals surface area contributed by atoms with Crippen LogP contribution in [0, 0.1) is 5.92 Å². The second-order valence-corrected chi connectivity index (χ2v) is 7.30. The zero-order valence-corrected chi connectivity index (χ0v) is 13.1. The van der Waals surface area contributed by atoms with Gasteiger partial charge < -0.3 is 15.3 Å². The highest BCUT2D eigenvalue weighted by atomic mass is 32.2. The lowest BCUT2D eigenvalue weighted by Crippen LogP contribution is -2.46. The average Bonchev–Trinajstić information content (AvgIpc) is 2.26. The lowest BCUT2D eigenvalue weighted by Gasteiger charge is -2.23. The molecule has 0 aliphatic rings. The van der Waals surface area contributed by atoms with Gasteiger partial charge in [-0.2, -0.15) is 0 Å². The van der Waals surface area contributed by atoms with Gasteiger partial charge in [0.2, 0.25) is 10.0 Å². The van der Waals surface area contributed by atoms with Crippen LogP contribution >= 0.6 is 0 Å². The second kappa shape index (κ2) is 8.05. The van der Waals surface area contributed by atoms with E-state index in [2.05, 4.69) is 5.32 Å². The highest BCUT2D eigenvalue weighted by Crippen LogP contribution is 1.99. The summed E-state index contributed by atoms with van der Waals surface area (Å²) in [7, 11) is -0.563. The number of rotatable bonds is 8. The minimum absolute atomic E-state index is 0.0619. The molecule has 0 radical (unpaired) electrons. The Hall–Kier alpha value is -1.35. The molecule has 0 aliphatic heterocycles. The lowest BCUT2D eigenvalue weighted by molar-refractivity contribution is -0.137. The van der Waals surface area contributed by atoms with Crippen LogP contribution in [0.4, 0.5) is 4.79 Å². The summed E-state index contributed by atoms with van der Waals surface area (Å²) in [5.74, 6) is -1.22. The van der Waals surface area contributed by atoms with Gasteiger partial charge in [0, 0.05) is 27.2 Å². The summed E-state index contributed by atoms with van der Waals surface area (Å²) in [5, 5.41) is 11.2. The Bertz CT molecular complexity index is 433. The molecule has 0 aromatic rings. The van der Waals surface area contributed by atoms with Crippen molar-refractivity contribution in [1.82, 2.24) is 14.5 Å². The Labute approximate surface area is 119 Å². The molecule has 0 heterocycles. The van der Waals surface area contributed by atoms with Gasteiger partial charge in [-0.15, -0.1) is 0 Å². The molecule has 20 heavy (non-hydrogen) atoms. The number of sulfonamides is 1. The molecule has 0 aliphatic carbocycles. The van der Waals surface area contributed by atoms with Crippen LogP contribution in [0.1, 0.15) is 13.8 Å². The van der Waals surface area contributed by atoms with Crippen molar-refractivity contribution in [3.8, 4) is 0 Å². The monoisotopic (exact) mass is 309 g/mol. The molecule has 2 N–H and O–H groups in total. The third-order valence-corrected chi connectivity index (χ3v) is 4.22. The van der Waals surface area contributed by atoms with E-state index in [1.807, 2.05) is 13.8 Å². The zero-order valence-electron chi connectivity index (χ0n) is 12.3. The molecule has 0 unspecified atom stereocenters. The number of nitrogens with one attached hydrogen (secondary N) is 1. The van der Waals surface area contributed by atoms with Gasteiger partial charge >= 0.3 is 12.0 Å². The van der Waals surface area contributed by atoms with Gasteiger partial charge in [0.05, 0.1) is 5.75 Å². The minimum Gasteiger partial charge on any atom is -0.480 e. The van der Waals surface area contributed by atoms with Gasteiger partial charge in [0.25, 0.3) is 0 Å². The summed E-state index contributed by atoms with van der Waals surface area (Å²) in [6.07, 6.45) is 0. The lowest BCUT2D eigenvalue weighted by atomic mass is 10.2. The topological polar surface area (TPSA) is 107 Å². The van der Waals surface area contributed by atoms with Gasteiger partial charge in [-0.25, -0.2) is 17.5 Å². The van der Waals surface area contributed by atoms with Crippen LogP contribution in [0.25, 0.3) is 0 Å². The van der Waals surface area contributed by atoms with Crippen molar-refractivity contribution < 1.29 is 23.1 Å². The molecule has 0 aromatic carbocycles. The van der Waals surface area contributed by atoms with Crippen molar-refractivity contribution in [2.24, 2.45) is 5.92 Å². The predicted octanol–water partition coefficient (Wildman–Crippen LogP) is -0.370. The Balaban J connectivity index is 4.43. The summed E-state index contributed by atoms with van der Waals surface area (Å²) in [6, 6.07) is -0.574. The summed E-state index contributed by atoms with van der Waals surface area (Å²) in [4.78, 5) is 23.7. The SMILES string of the molecule is CC(C)CN(CC(=O)O)C(=O)NCCS(=O)(=O)N(C)C. The van der Waals surface area contributed by atoms with E-state index in [0.29, 0.717) is 6.54 Å². The van der Waals surface area contributed by atoms with Crippen LogP contribution in [0.2, 0.25) is 0 Å². The molecule has 0 atom stereocenters. The minimum atomic E-state index is -3.38. The Kier molecular flexibility index (Phi) is 7.51. The number of urea groups is 1.